The van der Waals surface area contributed by atoms with Crippen molar-refractivity contribution in [3.63, 3.8) is 0 Å². The van der Waals surface area contributed by atoms with Crippen LogP contribution in [0.5, 0.6) is 5.75 Å². The molecule has 0 saturated carbocycles. The van der Waals surface area contributed by atoms with E-state index >= 15 is 0 Å². The van der Waals surface area contributed by atoms with Gasteiger partial charge in [-0.3, -0.25) is 0 Å². The zero-order valence-corrected chi connectivity index (χ0v) is 15.3. The van der Waals surface area contributed by atoms with Gasteiger partial charge in [0.2, 0.25) is 0 Å². The largest absolute Gasteiger partial charge is 0.494 e. The second-order valence-electron chi connectivity index (χ2n) is 6.34. The molecule has 1 aliphatic rings. The SMILES string of the molecule is CCCCCN1CC[C@@H](CCOc2ccc(Cl)c(Cl)c2)[C@H](O)C1. The number of hydrogen-bond acceptors (Lipinski definition) is 3. The molecule has 1 heterocycles. The van der Waals surface area contributed by atoms with Crippen LogP contribution >= 0.6 is 23.2 Å². The minimum absolute atomic E-state index is 0.247. The summed E-state index contributed by atoms with van der Waals surface area (Å²) in [7, 11) is 0. The van der Waals surface area contributed by atoms with E-state index in [1.54, 1.807) is 12.1 Å². The third kappa shape index (κ3) is 6.15. The smallest absolute Gasteiger partial charge is 0.120 e. The summed E-state index contributed by atoms with van der Waals surface area (Å²) in [5, 5.41) is 11.4. The summed E-state index contributed by atoms with van der Waals surface area (Å²) in [6, 6.07) is 5.29. The summed E-state index contributed by atoms with van der Waals surface area (Å²) in [5.41, 5.74) is 0. The summed E-state index contributed by atoms with van der Waals surface area (Å²) in [6.07, 6.45) is 5.40. The monoisotopic (exact) mass is 359 g/mol. The molecule has 2 atom stereocenters. The normalized spacial score (nSPS) is 22.3. The average Bonchev–Trinajstić information content (AvgIpc) is 2.53. The number of unbranched alkanes of at least 4 members (excludes halogenated alkanes) is 2. The van der Waals surface area contributed by atoms with E-state index in [4.69, 9.17) is 27.9 Å². The average molecular weight is 360 g/mol. The van der Waals surface area contributed by atoms with Crippen LogP contribution in [0.2, 0.25) is 10.0 Å². The van der Waals surface area contributed by atoms with Gasteiger partial charge in [0.15, 0.2) is 0 Å². The van der Waals surface area contributed by atoms with Crippen molar-refractivity contribution in [2.24, 2.45) is 5.92 Å². The van der Waals surface area contributed by atoms with Gasteiger partial charge in [0.05, 0.1) is 22.8 Å². The Morgan fingerprint density at radius 1 is 1.26 bits per heavy atom. The molecular weight excluding hydrogens is 333 g/mol. The van der Waals surface area contributed by atoms with Gasteiger partial charge in [0, 0.05) is 12.6 Å². The van der Waals surface area contributed by atoms with Crippen molar-refractivity contribution in [3.8, 4) is 5.75 Å². The molecule has 0 spiro atoms. The van der Waals surface area contributed by atoms with Gasteiger partial charge in [-0.1, -0.05) is 43.0 Å². The number of hydrogen-bond donors (Lipinski definition) is 1. The quantitative estimate of drug-likeness (QED) is 0.686. The molecular formula is C18H27Cl2NO2. The van der Waals surface area contributed by atoms with E-state index in [2.05, 4.69) is 11.8 Å². The first-order chi connectivity index (χ1) is 11.1. The highest BCUT2D eigenvalue weighted by molar-refractivity contribution is 6.42. The Morgan fingerprint density at radius 3 is 2.78 bits per heavy atom. The first-order valence-electron chi connectivity index (χ1n) is 8.58. The molecule has 5 heteroatoms. The van der Waals surface area contributed by atoms with Crippen molar-refractivity contribution >= 4 is 23.2 Å². The van der Waals surface area contributed by atoms with Gasteiger partial charge in [-0.25, -0.2) is 0 Å². The van der Waals surface area contributed by atoms with Crippen LogP contribution < -0.4 is 4.74 Å². The maximum absolute atomic E-state index is 10.3. The van der Waals surface area contributed by atoms with Gasteiger partial charge in [0.1, 0.15) is 5.75 Å². The van der Waals surface area contributed by atoms with Crippen LogP contribution in [0.25, 0.3) is 0 Å². The van der Waals surface area contributed by atoms with Crippen LogP contribution in [-0.2, 0) is 0 Å². The first-order valence-corrected chi connectivity index (χ1v) is 9.34. The lowest BCUT2D eigenvalue weighted by Gasteiger charge is -2.36. The zero-order valence-electron chi connectivity index (χ0n) is 13.8. The second-order valence-corrected chi connectivity index (χ2v) is 7.15. The number of benzene rings is 1. The number of piperidine rings is 1. The molecule has 1 aromatic carbocycles. The Labute approximate surface area is 149 Å². The van der Waals surface area contributed by atoms with E-state index in [0.717, 1.165) is 38.2 Å². The van der Waals surface area contributed by atoms with Crippen molar-refractivity contribution in [1.82, 2.24) is 4.90 Å². The molecule has 23 heavy (non-hydrogen) atoms. The molecule has 2 rings (SSSR count). The van der Waals surface area contributed by atoms with Gasteiger partial charge >= 0.3 is 0 Å². The standard InChI is InChI=1S/C18H27Cl2NO2/c1-2-3-4-9-21-10-7-14(18(22)13-21)8-11-23-15-5-6-16(19)17(20)12-15/h5-6,12,14,18,22H,2-4,7-11,13H2,1H3/t14-,18+/m0/s1. The van der Waals surface area contributed by atoms with Crippen LogP contribution in [-0.4, -0.2) is 42.4 Å². The number of likely N-dealkylation sites (tertiary alicyclic amines) is 1. The Morgan fingerprint density at radius 2 is 2.09 bits per heavy atom. The number of rotatable bonds is 8. The van der Waals surface area contributed by atoms with Crippen molar-refractivity contribution in [2.75, 3.05) is 26.2 Å². The van der Waals surface area contributed by atoms with E-state index in [1.165, 1.54) is 19.3 Å². The van der Waals surface area contributed by atoms with Crippen LogP contribution in [0.15, 0.2) is 18.2 Å². The molecule has 1 N–H and O–H groups in total. The second kappa shape index (κ2) is 9.73. The Balaban J connectivity index is 1.69. The van der Waals surface area contributed by atoms with Crippen molar-refractivity contribution in [3.05, 3.63) is 28.2 Å². The first kappa shape index (κ1) is 18.9. The van der Waals surface area contributed by atoms with Crippen LogP contribution in [0.3, 0.4) is 0 Å². The fourth-order valence-corrected chi connectivity index (χ4v) is 3.35. The fraction of sp³-hybridized carbons (Fsp3) is 0.667. The Bertz CT molecular complexity index is 484. The molecule has 1 aliphatic heterocycles. The van der Waals surface area contributed by atoms with E-state index in [9.17, 15) is 5.11 Å². The highest BCUT2D eigenvalue weighted by atomic mass is 35.5. The Kier molecular flexibility index (Phi) is 7.97. The molecule has 0 radical (unpaired) electrons. The maximum Gasteiger partial charge on any atom is 0.120 e. The molecule has 0 amide bonds. The lowest BCUT2D eigenvalue weighted by molar-refractivity contribution is 0.0129. The number of β-amino-alcohol motifs (C(OH)–C–C–N with tert-alkyl or cyclic N) is 1. The van der Waals surface area contributed by atoms with Crippen molar-refractivity contribution < 1.29 is 9.84 Å². The fourth-order valence-electron chi connectivity index (χ4n) is 3.07. The highest BCUT2D eigenvalue weighted by Crippen LogP contribution is 2.27. The summed E-state index contributed by atoms with van der Waals surface area (Å²) < 4.78 is 5.73. The molecule has 0 unspecified atom stereocenters. The number of halogens is 2. The van der Waals surface area contributed by atoms with Crippen LogP contribution in [0.4, 0.5) is 0 Å². The predicted octanol–water partition coefficient (Wildman–Crippen LogP) is 4.64. The van der Waals surface area contributed by atoms with E-state index in [1.807, 2.05) is 6.07 Å². The maximum atomic E-state index is 10.3. The van der Waals surface area contributed by atoms with E-state index in [0.29, 0.717) is 22.6 Å². The third-order valence-corrected chi connectivity index (χ3v) is 5.27. The lowest BCUT2D eigenvalue weighted by atomic mass is 9.91. The van der Waals surface area contributed by atoms with Gasteiger partial charge in [-0.15, -0.1) is 0 Å². The van der Waals surface area contributed by atoms with Crippen molar-refractivity contribution in [2.45, 2.75) is 45.1 Å². The predicted molar refractivity (Wildman–Crippen MR) is 96.7 cm³/mol. The number of aliphatic hydroxyl groups is 1. The van der Waals surface area contributed by atoms with Gasteiger partial charge in [-0.2, -0.15) is 0 Å². The molecule has 0 aliphatic carbocycles. The van der Waals surface area contributed by atoms with E-state index in [-0.39, 0.29) is 6.10 Å². The minimum atomic E-state index is -0.247. The minimum Gasteiger partial charge on any atom is -0.494 e. The third-order valence-electron chi connectivity index (χ3n) is 4.53. The van der Waals surface area contributed by atoms with Crippen LogP contribution in [0, 0.1) is 5.92 Å². The van der Waals surface area contributed by atoms with Gasteiger partial charge in [0.25, 0.3) is 0 Å². The van der Waals surface area contributed by atoms with Gasteiger partial charge in [-0.05, 0) is 50.4 Å². The summed E-state index contributed by atoms with van der Waals surface area (Å²) >= 11 is 11.9. The Hall–Kier alpha value is -0.480. The van der Waals surface area contributed by atoms with E-state index < -0.39 is 0 Å². The van der Waals surface area contributed by atoms with Crippen LogP contribution in [0.1, 0.15) is 39.0 Å². The summed E-state index contributed by atoms with van der Waals surface area (Å²) in [5.74, 6) is 1.05. The topological polar surface area (TPSA) is 32.7 Å². The molecule has 1 fully saturated rings. The molecule has 3 nitrogen and oxygen atoms in total. The molecule has 1 aromatic rings. The molecule has 130 valence electrons. The molecule has 1 saturated heterocycles. The van der Waals surface area contributed by atoms with Crippen molar-refractivity contribution in [1.29, 1.82) is 0 Å². The number of aliphatic hydroxyl groups excluding tert-OH is 1. The summed E-state index contributed by atoms with van der Waals surface area (Å²) in [4.78, 5) is 2.39. The molecule has 0 aromatic heterocycles. The lowest BCUT2D eigenvalue weighted by Crippen LogP contribution is -2.44. The highest BCUT2D eigenvalue weighted by Gasteiger charge is 2.27. The number of nitrogens with zero attached hydrogens (tertiary/aromatic N) is 1. The van der Waals surface area contributed by atoms with Gasteiger partial charge < -0.3 is 14.7 Å². The number of ether oxygens (including phenoxy) is 1. The molecule has 0 bridgehead atoms. The summed E-state index contributed by atoms with van der Waals surface area (Å²) in [6.45, 7) is 5.79. The zero-order chi connectivity index (χ0) is 16.7.